The highest BCUT2D eigenvalue weighted by Gasteiger charge is 2.42. The number of nitrogens with one attached hydrogen (secondary N) is 1. The van der Waals surface area contributed by atoms with Crippen LogP contribution in [0.1, 0.15) is 44.9 Å². The summed E-state index contributed by atoms with van der Waals surface area (Å²) >= 11 is 4.32. The Morgan fingerprint density at radius 2 is 2.20 bits per heavy atom. The van der Waals surface area contributed by atoms with Crippen LogP contribution in [0.15, 0.2) is 0 Å². The van der Waals surface area contributed by atoms with E-state index in [0.29, 0.717) is 6.04 Å². The lowest BCUT2D eigenvalue weighted by atomic mass is 9.82. The van der Waals surface area contributed by atoms with Crippen molar-refractivity contribution in [3.05, 3.63) is 0 Å². The minimum absolute atomic E-state index is 0.237. The number of hydrogen-bond donors (Lipinski definition) is 1. The van der Waals surface area contributed by atoms with Crippen LogP contribution in [-0.4, -0.2) is 47.8 Å². The second-order valence-corrected chi connectivity index (χ2v) is 9.16. The van der Waals surface area contributed by atoms with E-state index in [1.54, 1.807) is 0 Å². The van der Waals surface area contributed by atoms with E-state index in [1.165, 1.54) is 62.2 Å². The van der Waals surface area contributed by atoms with Crippen molar-refractivity contribution in [2.24, 2.45) is 5.92 Å². The largest absolute Gasteiger partial charge is 0.374 e. The normalized spacial score (nSPS) is 36.8. The molecule has 1 saturated carbocycles. The van der Waals surface area contributed by atoms with Crippen molar-refractivity contribution >= 4 is 23.5 Å². The molecule has 2 heterocycles. The molecule has 2 saturated heterocycles. The van der Waals surface area contributed by atoms with Crippen molar-refractivity contribution in [2.45, 2.75) is 61.8 Å². The highest BCUT2D eigenvalue weighted by molar-refractivity contribution is 8.00. The molecular formula is C16H29NOS2. The van der Waals surface area contributed by atoms with Gasteiger partial charge >= 0.3 is 0 Å². The standard InChI is InChI=1S/C16H29NOS2/c1-17-15(11-20-14-4-2-3-5-14)13-6-8-18-16(10-13)7-9-19-12-16/h13-15,17H,2-12H2,1H3. The van der Waals surface area contributed by atoms with E-state index in [0.717, 1.165) is 17.8 Å². The van der Waals surface area contributed by atoms with Gasteiger partial charge in [-0.25, -0.2) is 0 Å². The Morgan fingerprint density at radius 3 is 2.90 bits per heavy atom. The first kappa shape index (κ1) is 15.5. The van der Waals surface area contributed by atoms with Crippen LogP contribution in [-0.2, 0) is 4.74 Å². The molecule has 1 N–H and O–H groups in total. The molecule has 0 aromatic rings. The third-order valence-corrected chi connectivity index (χ3v) is 8.07. The summed E-state index contributed by atoms with van der Waals surface area (Å²) < 4.78 is 6.17. The topological polar surface area (TPSA) is 21.3 Å². The second-order valence-electron chi connectivity index (χ2n) is 6.72. The summed E-state index contributed by atoms with van der Waals surface area (Å²) in [6, 6.07) is 0.687. The van der Waals surface area contributed by atoms with Gasteiger partial charge in [0, 0.05) is 29.4 Å². The molecule has 1 aliphatic carbocycles. The molecule has 1 spiro atoms. The van der Waals surface area contributed by atoms with E-state index in [9.17, 15) is 0 Å². The fourth-order valence-corrected chi connectivity index (χ4v) is 6.99. The zero-order valence-corrected chi connectivity index (χ0v) is 14.4. The summed E-state index contributed by atoms with van der Waals surface area (Å²) in [6.45, 7) is 0.984. The minimum Gasteiger partial charge on any atom is -0.374 e. The van der Waals surface area contributed by atoms with E-state index in [1.807, 2.05) is 0 Å². The lowest BCUT2D eigenvalue weighted by Gasteiger charge is -2.41. The molecule has 0 aromatic carbocycles. The highest BCUT2D eigenvalue weighted by Crippen LogP contribution is 2.42. The van der Waals surface area contributed by atoms with Crippen molar-refractivity contribution in [2.75, 3.05) is 30.9 Å². The van der Waals surface area contributed by atoms with Gasteiger partial charge in [0.05, 0.1) is 5.60 Å². The van der Waals surface area contributed by atoms with Crippen molar-refractivity contribution in [3.8, 4) is 0 Å². The van der Waals surface area contributed by atoms with Gasteiger partial charge in [-0.1, -0.05) is 12.8 Å². The Bertz CT molecular complexity index is 301. The van der Waals surface area contributed by atoms with Gasteiger partial charge < -0.3 is 10.1 Å². The summed E-state index contributed by atoms with van der Waals surface area (Å²) in [6.07, 6.45) is 9.64. The van der Waals surface area contributed by atoms with Crippen LogP contribution in [0, 0.1) is 5.92 Å². The Morgan fingerprint density at radius 1 is 1.35 bits per heavy atom. The molecule has 0 aromatic heterocycles. The molecule has 3 fully saturated rings. The van der Waals surface area contributed by atoms with Gasteiger partial charge in [-0.2, -0.15) is 23.5 Å². The molecule has 20 heavy (non-hydrogen) atoms. The van der Waals surface area contributed by atoms with Gasteiger partial charge in [0.1, 0.15) is 0 Å². The van der Waals surface area contributed by atoms with Gasteiger partial charge in [0.25, 0.3) is 0 Å². The van der Waals surface area contributed by atoms with E-state index in [2.05, 4.69) is 35.9 Å². The van der Waals surface area contributed by atoms with Crippen LogP contribution in [0.25, 0.3) is 0 Å². The average molecular weight is 316 g/mol. The predicted octanol–water partition coefficient (Wildman–Crippen LogP) is 3.55. The lowest BCUT2D eigenvalue weighted by molar-refractivity contribution is -0.0835. The molecule has 3 atom stereocenters. The maximum absolute atomic E-state index is 6.17. The SMILES string of the molecule is CNC(CSC1CCCC1)C1CCOC2(CCSC2)C1. The third-order valence-electron chi connectivity index (χ3n) is 5.35. The number of ether oxygens (including phenoxy) is 1. The average Bonchev–Trinajstić information content (AvgIpc) is 3.12. The molecule has 4 heteroatoms. The molecule has 0 bridgehead atoms. The zero-order valence-electron chi connectivity index (χ0n) is 12.7. The third kappa shape index (κ3) is 3.68. The Hall–Kier alpha value is 0.620. The second kappa shape index (κ2) is 7.26. The molecule has 2 nitrogen and oxygen atoms in total. The van der Waals surface area contributed by atoms with Gasteiger partial charge in [-0.3, -0.25) is 0 Å². The van der Waals surface area contributed by atoms with Crippen molar-refractivity contribution in [1.82, 2.24) is 5.32 Å². The molecule has 3 unspecified atom stereocenters. The van der Waals surface area contributed by atoms with Crippen LogP contribution >= 0.6 is 23.5 Å². The molecule has 3 rings (SSSR count). The van der Waals surface area contributed by atoms with E-state index >= 15 is 0 Å². The summed E-state index contributed by atoms with van der Waals surface area (Å²) in [5.74, 6) is 4.65. The summed E-state index contributed by atoms with van der Waals surface area (Å²) in [5.41, 5.74) is 0.237. The molecular weight excluding hydrogens is 286 g/mol. The molecule has 2 aliphatic heterocycles. The monoisotopic (exact) mass is 315 g/mol. The smallest absolute Gasteiger partial charge is 0.0783 e. The van der Waals surface area contributed by atoms with Crippen LogP contribution in [0.3, 0.4) is 0 Å². The predicted molar refractivity (Wildman–Crippen MR) is 90.9 cm³/mol. The Kier molecular flexibility index (Phi) is 5.63. The van der Waals surface area contributed by atoms with Crippen molar-refractivity contribution in [1.29, 1.82) is 0 Å². The minimum atomic E-state index is 0.237. The number of rotatable bonds is 5. The van der Waals surface area contributed by atoms with Crippen LogP contribution in [0.2, 0.25) is 0 Å². The summed E-state index contributed by atoms with van der Waals surface area (Å²) in [7, 11) is 2.16. The van der Waals surface area contributed by atoms with Gasteiger partial charge in [-0.05, 0) is 50.8 Å². The fourth-order valence-electron chi connectivity index (χ4n) is 4.02. The Balaban J connectivity index is 1.51. The molecule has 0 amide bonds. The fraction of sp³-hybridized carbons (Fsp3) is 1.00. The molecule has 0 radical (unpaired) electrons. The van der Waals surface area contributed by atoms with Crippen LogP contribution < -0.4 is 5.32 Å². The molecule has 116 valence electrons. The summed E-state index contributed by atoms with van der Waals surface area (Å²) in [5, 5.41) is 4.56. The van der Waals surface area contributed by atoms with E-state index in [4.69, 9.17) is 4.74 Å². The first-order chi connectivity index (χ1) is 9.81. The first-order valence-corrected chi connectivity index (χ1v) is 10.5. The van der Waals surface area contributed by atoms with E-state index < -0.39 is 0 Å². The Labute approximate surface area is 132 Å². The van der Waals surface area contributed by atoms with Gasteiger partial charge in [0.15, 0.2) is 0 Å². The van der Waals surface area contributed by atoms with Crippen LogP contribution in [0.4, 0.5) is 0 Å². The maximum atomic E-state index is 6.17. The maximum Gasteiger partial charge on any atom is 0.0783 e. The lowest BCUT2D eigenvalue weighted by Crippen LogP contribution is -2.47. The van der Waals surface area contributed by atoms with Crippen molar-refractivity contribution in [3.63, 3.8) is 0 Å². The van der Waals surface area contributed by atoms with Gasteiger partial charge in [-0.15, -0.1) is 0 Å². The number of thioether (sulfide) groups is 2. The van der Waals surface area contributed by atoms with Crippen molar-refractivity contribution < 1.29 is 4.74 Å². The number of hydrogen-bond acceptors (Lipinski definition) is 4. The van der Waals surface area contributed by atoms with Crippen LogP contribution in [0.5, 0.6) is 0 Å². The van der Waals surface area contributed by atoms with Gasteiger partial charge in [0.2, 0.25) is 0 Å². The quantitative estimate of drug-likeness (QED) is 0.837. The molecule has 3 aliphatic rings. The zero-order chi connectivity index (χ0) is 13.8. The highest BCUT2D eigenvalue weighted by atomic mass is 32.2. The first-order valence-electron chi connectivity index (χ1n) is 8.32. The van der Waals surface area contributed by atoms with E-state index in [-0.39, 0.29) is 5.60 Å². The summed E-state index contributed by atoms with van der Waals surface area (Å²) in [4.78, 5) is 0.